The number of carbonyl (C=O) groups excluding carboxylic acids is 2. The Labute approximate surface area is 144 Å². The Kier molecular flexibility index (Phi) is 6.80. The molecule has 1 N–H and O–H groups in total. The van der Waals surface area contributed by atoms with E-state index in [1.807, 2.05) is 25.1 Å². The van der Waals surface area contributed by atoms with E-state index < -0.39 is 5.97 Å². The molecule has 23 heavy (non-hydrogen) atoms. The zero-order valence-electron chi connectivity index (χ0n) is 13.0. The summed E-state index contributed by atoms with van der Waals surface area (Å²) in [6, 6.07) is 5.81. The quantitative estimate of drug-likeness (QED) is 0.607. The summed E-state index contributed by atoms with van der Waals surface area (Å²) >= 11 is 3.43. The Hall–Kier alpha value is -1.66. The highest BCUT2D eigenvalue weighted by atomic mass is 79.9. The average Bonchev–Trinajstić information content (AvgIpc) is 3.03. The summed E-state index contributed by atoms with van der Waals surface area (Å²) in [6.45, 7) is 2.91. The van der Waals surface area contributed by atoms with Gasteiger partial charge in [-0.2, -0.15) is 0 Å². The lowest BCUT2D eigenvalue weighted by Gasteiger charge is -2.10. The third-order valence-corrected chi connectivity index (χ3v) is 4.14. The van der Waals surface area contributed by atoms with Crippen molar-refractivity contribution in [2.45, 2.75) is 25.9 Å². The van der Waals surface area contributed by atoms with Crippen molar-refractivity contribution in [1.82, 2.24) is 5.32 Å². The molecule has 0 unspecified atom stereocenters. The molecule has 1 aromatic carbocycles. The topological polar surface area (TPSA) is 64.6 Å². The van der Waals surface area contributed by atoms with E-state index in [1.54, 1.807) is 6.08 Å². The third kappa shape index (κ3) is 6.15. The van der Waals surface area contributed by atoms with Crippen molar-refractivity contribution in [3.8, 4) is 0 Å². The van der Waals surface area contributed by atoms with Gasteiger partial charge in [-0.3, -0.25) is 4.79 Å². The number of nitrogens with one attached hydrogen (secondary N) is 1. The van der Waals surface area contributed by atoms with Gasteiger partial charge in [0, 0.05) is 23.7 Å². The summed E-state index contributed by atoms with van der Waals surface area (Å²) < 4.78 is 11.2. The van der Waals surface area contributed by atoms with E-state index in [2.05, 4.69) is 21.2 Å². The molecule has 0 radical (unpaired) electrons. The first-order chi connectivity index (χ1) is 11.0. The van der Waals surface area contributed by atoms with Crippen LogP contribution in [0.25, 0.3) is 6.08 Å². The lowest BCUT2D eigenvalue weighted by Crippen LogP contribution is -2.34. The number of hydrogen-bond donors (Lipinski definition) is 1. The summed E-state index contributed by atoms with van der Waals surface area (Å²) in [5.41, 5.74) is 2.00. The molecule has 5 nitrogen and oxygen atoms in total. The lowest BCUT2D eigenvalue weighted by atomic mass is 10.1. The second-order valence-corrected chi connectivity index (χ2v) is 6.26. The molecule has 0 aliphatic carbocycles. The van der Waals surface area contributed by atoms with Gasteiger partial charge in [0.2, 0.25) is 0 Å². The van der Waals surface area contributed by atoms with Crippen LogP contribution in [-0.2, 0) is 19.1 Å². The van der Waals surface area contributed by atoms with Gasteiger partial charge >= 0.3 is 5.97 Å². The first kappa shape index (κ1) is 17.7. The van der Waals surface area contributed by atoms with E-state index in [0.29, 0.717) is 6.54 Å². The third-order valence-electron chi connectivity index (χ3n) is 3.45. The molecule has 124 valence electrons. The van der Waals surface area contributed by atoms with Gasteiger partial charge in [-0.15, -0.1) is 0 Å². The van der Waals surface area contributed by atoms with Crippen LogP contribution in [0.2, 0.25) is 0 Å². The Balaban J connectivity index is 1.71. The molecule has 0 spiro atoms. The number of halogens is 1. The van der Waals surface area contributed by atoms with Crippen LogP contribution in [-0.4, -0.2) is 37.7 Å². The van der Waals surface area contributed by atoms with Crippen molar-refractivity contribution in [2.24, 2.45) is 0 Å². The second-order valence-electron chi connectivity index (χ2n) is 5.41. The van der Waals surface area contributed by atoms with E-state index in [1.165, 1.54) is 6.08 Å². The molecule has 1 atom stereocenters. The fraction of sp³-hybridized carbons (Fsp3) is 0.412. The van der Waals surface area contributed by atoms with E-state index in [0.717, 1.165) is 35.0 Å². The van der Waals surface area contributed by atoms with E-state index in [-0.39, 0.29) is 18.6 Å². The SMILES string of the molecule is Cc1ccc(/C=C/C(=O)OCC(=O)NC[C@H]2CCCO2)c(Br)c1. The minimum atomic E-state index is -0.551. The standard InChI is InChI=1S/C17H20BrNO4/c1-12-4-5-13(15(18)9-12)6-7-17(21)23-11-16(20)19-10-14-3-2-8-22-14/h4-7,9,14H,2-3,8,10-11H2,1H3,(H,19,20)/b7-6+/t14-/m1/s1. The van der Waals surface area contributed by atoms with E-state index in [4.69, 9.17) is 9.47 Å². The van der Waals surface area contributed by atoms with Crippen LogP contribution in [0.15, 0.2) is 28.7 Å². The van der Waals surface area contributed by atoms with Gasteiger partial charge in [-0.1, -0.05) is 28.1 Å². The Morgan fingerprint density at radius 3 is 3.00 bits per heavy atom. The molecule has 0 aromatic heterocycles. The van der Waals surface area contributed by atoms with Crippen molar-refractivity contribution >= 4 is 33.9 Å². The molecule has 6 heteroatoms. The highest BCUT2D eigenvalue weighted by Crippen LogP contribution is 2.19. The Morgan fingerprint density at radius 2 is 2.30 bits per heavy atom. The highest BCUT2D eigenvalue weighted by molar-refractivity contribution is 9.10. The van der Waals surface area contributed by atoms with Gasteiger partial charge in [-0.05, 0) is 43.0 Å². The largest absolute Gasteiger partial charge is 0.452 e. The lowest BCUT2D eigenvalue weighted by molar-refractivity contribution is -0.143. The van der Waals surface area contributed by atoms with Crippen LogP contribution in [0.5, 0.6) is 0 Å². The maximum Gasteiger partial charge on any atom is 0.331 e. The predicted molar refractivity (Wildman–Crippen MR) is 90.9 cm³/mol. The summed E-state index contributed by atoms with van der Waals surface area (Å²) in [7, 11) is 0. The molecule has 1 aromatic rings. The number of carbonyl (C=O) groups is 2. The van der Waals surface area contributed by atoms with Gasteiger partial charge in [0.25, 0.3) is 5.91 Å². The van der Waals surface area contributed by atoms with Gasteiger partial charge < -0.3 is 14.8 Å². The fourth-order valence-corrected chi connectivity index (χ4v) is 2.82. The summed E-state index contributed by atoms with van der Waals surface area (Å²) in [5, 5.41) is 2.70. The zero-order valence-corrected chi connectivity index (χ0v) is 14.6. The Morgan fingerprint density at radius 1 is 1.48 bits per heavy atom. The molecular weight excluding hydrogens is 362 g/mol. The van der Waals surface area contributed by atoms with E-state index in [9.17, 15) is 9.59 Å². The van der Waals surface area contributed by atoms with Gasteiger partial charge in [0.05, 0.1) is 6.10 Å². The number of esters is 1. The fourth-order valence-electron chi connectivity index (χ4n) is 2.19. The van der Waals surface area contributed by atoms with Gasteiger partial charge in [-0.25, -0.2) is 4.79 Å². The second kappa shape index (κ2) is 8.84. The first-order valence-corrected chi connectivity index (χ1v) is 8.33. The molecule has 1 aliphatic rings. The molecule has 0 saturated carbocycles. The predicted octanol–water partition coefficient (Wildman–Crippen LogP) is 2.61. The molecule has 1 fully saturated rings. The van der Waals surface area contributed by atoms with Crippen molar-refractivity contribution in [2.75, 3.05) is 19.8 Å². The van der Waals surface area contributed by atoms with Gasteiger partial charge in [0.1, 0.15) is 0 Å². The number of rotatable bonds is 6. The van der Waals surface area contributed by atoms with Crippen LogP contribution >= 0.6 is 15.9 Å². The maximum absolute atomic E-state index is 11.6. The summed E-state index contributed by atoms with van der Waals surface area (Å²) in [6.07, 6.45) is 5.01. The minimum absolute atomic E-state index is 0.0773. The van der Waals surface area contributed by atoms with Crippen molar-refractivity contribution < 1.29 is 19.1 Å². The molecule has 0 bridgehead atoms. The first-order valence-electron chi connectivity index (χ1n) is 7.54. The van der Waals surface area contributed by atoms with E-state index >= 15 is 0 Å². The van der Waals surface area contributed by atoms with Crippen molar-refractivity contribution in [3.63, 3.8) is 0 Å². The normalized spacial score (nSPS) is 17.4. The molecule has 1 heterocycles. The minimum Gasteiger partial charge on any atom is -0.452 e. The highest BCUT2D eigenvalue weighted by Gasteiger charge is 2.16. The smallest absolute Gasteiger partial charge is 0.331 e. The summed E-state index contributed by atoms with van der Waals surface area (Å²) in [4.78, 5) is 23.2. The molecular formula is C17H20BrNO4. The Bertz CT molecular complexity index is 594. The molecule has 1 saturated heterocycles. The van der Waals surface area contributed by atoms with Crippen molar-refractivity contribution in [1.29, 1.82) is 0 Å². The van der Waals surface area contributed by atoms with Crippen LogP contribution in [0.4, 0.5) is 0 Å². The van der Waals surface area contributed by atoms with Gasteiger partial charge in [0.15, 0.2) is 6.61 Å². The zero-order chi connectivity index (χ0) is 16.7. The van der Waals surface area contributed by atoms with Crippen LogP contribution in [0, 0.1) is 6.92 Å². The van der Waals surface area contributed by atoms with Crippen LogP contribution in [0.1, 0.15) is 24.0 Å². The number of amides is 1. The monoisotopic (exact) mass is 381 g/mol. The number of ether oxygens (including phenoxy) is 2. The summed E-state index contributed by atoms with van der Waals surface area (Å²) in [5.74, 6) is -0.872. The average molecular weight is 382 g/mol. The van der Waals surface area contributed by atoms with Crippen LogP contribution < -0.4 is 5.32 Å². The number of benzene rings is 1. The number of aryl methyl sites for hydroxylation is 1. The molecule has 2 rings (SSSR count). The number of hydrogen-bond acceptors (Lipinski definition) is 4. The molecule has 1 amide bonds. The molecule has 1 aliphatic heterocycles. The van der Waals surface area contributed by atoms with Crippen LogP contribution in [0.3, 0.4) is 0 Å². The maximum atomic E-state index is 11.6. The van der Waals surface area contributed by atoms with Crippen molar-refractivity contribution in [3.05, 3.63) is 39.9 Å².